The molecule has 1 rings (SSSR count). The number of alkyl halides is 3. The van der Waals surface area contributed by atoms with Gasteiger partial charge in [0.15, 0.2) is 0 Å². The van der Waals surface area contributed by atoms with Crippen molar-refractivity contribution < 1.29 is 23.0 Å². The Balaban J connectivity index is 0. The van der Waals surface area contributed by atoms with Crippen LogP contribution in [0.2, 0.25) is 0 Å². The maximum Gasteiger partial charge on any atom is 0.416 e. The van der Waals surface area contributed by atoms with E-state index in [1.54, 1.807) is 0 Å². The third kappa shape index (κ3) is 9.49. The molecule has 0 saturated heterocycles. The van der Waals surface area contributed by atoms with Crippen LogP contribution in [-0.4, -0.2) is 12.2 Å². The van der Waals surface area contributed by atoms with Crippen LogP contribution in [0.25, 0.3) is 0 Å². The van der Waals surface area contributed by atoms with Gasteiger partial charge in [0.05, 0.1) is 18.8 Å². The lowest BCUT2D eigenvalue weighted by Crippen LogP contribution is -2.08. The van der Waals surface area contributed by atoms with Crippen molar-refractivity contribution in [3.05, 3.63) is 29.3 Å². The number of ether oxygens (including phenoxy) is 1. The van der Waals surface area contributed by atoms with E-state index >= 15 is 0 Å². The minimum absolute atomic E-state index is 0.105. The highest BCUT2D eigenvalue weighted by Gasteiger charge is 2.32. The van der Waals surface area contributed by atoms with E-state index in [4.69, 9.17) is 4.74 Å². The van der Waals surface area contributed by atoms with Crippen LogP contribution in [0.3, 0.4) is 0 Å². The number of benzene rings is 1. The van der Waals surface area contributed by atoms with Gasteiger partial charge in [-0.3, -0.25) is 0 Å². The van der Waals surface area contributed by atoms with Gasteiger partial charge in [-0.2, -0.15) is 13.2 Å². The van der Waals surface area contributed by atoms with E-state index in [0.717, 1.165) is 18.6 Å². The van der Waals surface area contributed by atoms with E-state index in [9.17, 15) is 18.3 Å². The van der Waals surface area contributed by atoms with Crippen molar-refractivity contribution in [2.24, 2.45) is 5.92 Å². The van der Waals surface area contributed by atoms with Crippen LogP contribution in [0.15, 0.2) is 18.2 Å². The van der Waals surface area contributed by atoms with Crippen molar-refractivity contribution in [2.45, 2.75) is 66.7 Å². The molecule has 0 aliphatic rings. The highest BCUT2D eigenvalue weighted by Crippen LogP contribution is 2.35. The fourth-order valence-corrected chi connectivity index (χ4v) is 1.75. The molecule has 0 aromatic heterocycles. The minimum atomic E-state index is -4.44. The second-order valence-corrected chi connectivity index (χ2v) is 4.98. The smallest absolute Gasteiger partial charge is 0.416 e. The molecule has 0 saturated carbocycles. The first-order valence-electron chi connectivity index (χ1n) is 8.18. The van der Waals surface area contributed by atoms with Gasteiger partial charge in [0.1, 0.15) is 5.75 Å². The summed E-state index contributed by atoms with van der Waals surface area (Å²) < 4.78 is 43.0. The molecular formula is C18H31F3O2. The third-order valence-corrected chi connectivity index (χ3v) is 2.89. The zero-order valence-corrected chi connectivity index (χ0v) is 15.3. The number of rotatable bonds is 5. The van der Waals surface area contributed by atoms with Crippen LogP contribution < -0.4 is 4.74 Å². The Bertz CT molecular complexity index is 415. The lowest BCUT2D eigenvalue weighted by atomic mass is 9.98. The largest absolute Gasteiger partial charge is 0.497 e. The second-order valence-electron chi connectivity index (χ2n) is 4.98. The van der Waals surface area contributed by atoms with Gasteiger partial charge < -0.3 is 9.84 Å². The van der Waals surface area contributed by atoms with Gasteiger partial charge in [0.25, 0.3) is 0 Å². The molecule has 1 aromatic carbocycles. The molecule has 0 spiro atoms. The summed E-state index contributed by atoms with van der Waals surface area (Å²) in [5, 5.41) is 9.96. The maximum absolute atomic E-state index is 12.7. The molecular weight excluding hydrogens is 305 g/mol. The number of hydrogen-bond acceptors (Lipinski definition) is 2. The summed E-state index contributed by atoms with van der Waals surface area (Å²) in [4.78, 5) is 0. The van der Waals surface area contributed by atoms with E-state index < -0.39 is 17.8 Å². The molecule has 1 aromatic rings. The molecule has 0 fully saturated rings. The normalized spacial score (nSPS) is 11.8. The Morgan fingerprint density at radius 1 is 1.00 bits per heavy atom. The number of aliphatic hydroxyl groups is 1. The van der Waals surface area contributed by atoms with E-state index in [1.165, 1.54) is 13.2 Å². The molecule has 1 atom stereocenters. The Morgan fingerprint density at radius 2 is 1.52 bits per heavy atom. The summed E-state index contributed by atoms with van der Waals surface area (Å²) in [5.41, 5.74) is -0.558. The second kappa shape index (κ2) is 12.2. The summed E-state index contributed by atoms with van der Waals surface area (Å²) in [6, 6.07) is 3.35. The summed E-state index contributed by atoms with van der Waals surface area (Å²) >= 11 is 0. The molecule has 0 aliphatic heterocycles. The van der Waals surface area contributed by atoms with Gasteiger partial charge in [0, 0.05) is 0 Å². The van der Waals surface area contributed by atoms with E-state index in [0.29, 0.717) is 12.3 Å². The number of aliphatic hydroxyl groups excluding tert-OH is 1. The lowest BCUT2D eigenvalue weighted by molar-refractivity contribution is -0.137. The molecule has 23 heavy (non-hydrogen) atoms. The molecule has 0 radical (unpaired) electrons. The van der Waals surface area contributed by atoms with Crippen LogP contribution >= 0.6 is 0 Å². The Labute approximate surface area is 138 Å². The summed E-state index contributed by atoms with van der Waals surface area (Å²) in [5.74, 6) is 0.496. The molecule has 2 nitrogen and oxygen atoms in total. The quantitative estimate of drug-likeness (QED) is 0.690. The highest BCUT2D eigenvalue weighted by atomic mass is 19.4. The molecule has 1 N–H and O–H groups in total. The molecule has 0 aliphatic carbocycles. The minimum Gasteiger partial charge on any atom is -0.497 e. The van der Waals surface area contributed by atoms with Crippen molar-refractivity contribution in [1.29, 1.82) is 0 Å². The van der Waals surface area contributed by atoms with Gasteiger partial charge in [-0.15, -0.1) is 0 Å². The van der Waals surface area contributed by atoms with Gasteiger partial charge >= 0.3 is 6.18 Å². The standard InChI is InChI=1S/C14H19F3O2.2C2H6/c1-9(2)4-5-13(18)10-6-11(14(15,16)17)8-12(7-10)19-3;2*1-2/h6-9,13,18H,4-5H2,1-3H3;2*1-2H3. The zero-order chi connectivity index (χ0) is 18.6. The lowest BCUT2D eigenvalue weighted by Gasteiger charge is -2.16. The first-order chi connectivity index (χ1) is 10.7. The third-order valence-electron chi connectivity index (χ3n) is 2.89. The number of hydrogen-bond donors (Lipinski definition) is 1. The predicted octanol–water partition coefficient (Wildman–Crippen LogP) is 6.24. The van der Waals surface area contributed by atoms with Crippen LogP contribution in [0.1, 0.15) is 71.6 Å². The van der Waals surface area contributed by atoms with Crippen LogP contribution in [0.4, 0.5) is 13.2 Å². The van der Waals surface area contributed by atoms with Crippen molar-refractivity contribution >= 4 is 0 Å². The van der Waals surface area contributed by atoms with E-state index in [-0.39, 0.29) is 11.3 Å². The first-order valence-corrected chi connectivity index (χ1v) is 8.18. The van der Waals surface area contributed by atoms with Crippen molar-refractivity contribution in [3.8, 4) is 5.75 Å². The average molecular weight is 336 g/mol. The Morgan fingerprint density at radius 3 is 1.91 bits per heavy atom. The monoisotopic (exact) mass is 336 g/mol. The van der Waals surface area contributed by atoms with Crippen LogP contribution in [0.5, 0.6) is 5.75 Å². The number of halogens is 3. The average Bonchev–Trinajstić information content (AvgIpc) is 2.55. The number of methoxy groups -OCH3 is 1. The molecule has 1 unspecified atom stereocenters. The van der Waals surface area contributed by atoms with Crippen molar-refractivity contribution in [3.63, 3.8) is 0 Å². The van der Waals surface area contributed by atoms with E-state index in [2.05, 4.69) is 0 Å². The fourth-order valence-electron chi connectivity index (χ4n) is 1.75. The Kier molecular flexibility index (Phi) is 12.8. The van der Waals surface area contributed by atoms with Gasteiger partial charge in [-0.25, -0.2) is 0 Å². The predicted molar refractivity (Wildman–Crippen MR) is 89.7 cm³/mol. The molecule has 136 valence electrons. The molecule has 0 heterocycles. The summed E-state index contributed by atoms with van der Waals surface area (Å²) in [7, 11) is 1.31. The maximum atomic E-state index is 12.7. The fraction of sp³-hybridized carbons (Fsp3) is 0.667. The van der Waals surface area contributed by atoms with Gasteiger partial charge in [0.2, 0.25) is 0 Å². The summed E-state index contributed by atoms with van der Waals surface area (Å²) in [6.45, 7) is 12.0. The Hall–Kier alpha value is -1.23. The van der Waals surface area contributed by atoms with Crippen molar-refractivity contribution in [1.82, 2.24) is 0 Å². The van der Waals surface area contributed by atoms with Gasteiger partial charge in [-0.1, -0.05) is 41.5 Å². The topological polar surface area (TPSA) is 29.5 Å². The van der Waals surface area contributed by atoms with Crippen molar-refractivity contribution in [2.75, 3.05) is 7.11 Å². The van der Waals surface area contributed by atoms with Crippen LogP contribution in [0, 0.1) is 5.92 Å². The SMILES string of the molecule is CC.CC.COc1cc(C(O)CCC(C)C)cc(C(F)(F)F)c1. The zero-order valence-electron chi connectivity index (χ0n) is 15.3. The van der Waals surface area contributed by atoms with E-state index in [1.807, 2.05) is 41.5 Å². The highest BCUT2D eigenvalue weighted by molar-refractivity contribution is 5.37. The molecule has 0 amide bonds. The summed E-state index contributed by atoms with van der Waals surface area (Å²) in [6.07, 6.45) is -4.17. The van der Waals surface area contributed by atoms with Crippen LogP contribution in [-0.2, 0) is 6.18 Å². The first kappa shape index (κ1) is 24.0. The van der Waals surface area contributed by atoms with Gasteiger partial charge in [-0.05, 0) is 42.5 Å². The molecule has 5 heteroatoms. The molecule has 0 bridgehead atoms.